The van der Waals surface area contributed by atoms with E-state index in [9.17, 15) is 18.0 Å². The van der Waals surface area contributed by atoms with E-state index < -0.39 is 18.5 Å². The average Bonchev–Trinajstić information content (AvgIpc) is 2.58. The lowest BCUT2D eigenvalue weighted by Gasteiger charge is -2.13. The van der Waals surface area contributed by atoms with Crippen LogP contribution in [0.4, 0.5) is 13.2 Å². The number of carbonyl (C=O) groups is 1. The summed E-state index contributed by atoms with van der Waals surface area (Å²) in [6, 6.07) is 8.55. The Labute approximate surface area is 142 Å². The predicted molar refractivity (Wildman–Crippen MR) is 84.1 cm³/mol. The van der Waals surface area contributed by atoms with E-state index in [1.165, 1.54) is 7.11 Å². The molecule has 0 unspecified atom stereocenters. The van der Waals surface area contributed by atoms with Gasteiger partial charge in [-0.2, -0.15) is 13.2 Å². The smallest absolute Gasteiger partial charge is 0.397 e. The summed E-state index contributed by atoms with van der Waals surface area (Å²) in [6.07, 6.45) is -2.69. The highest BCUT2D eigenvalue weighted by atomic mass is 19.4. The van der Waals surface area contributed by atoms with Gasteiger partial charge in [0.15, 0.2) is 11.5 Å². The minimum absolute atomic E-state index is 0.0336. The first-order chi connectivity index (χ1) is 11.9. The van der Waals surface area contributed by atoms with Crippen LogP contribution in [0.2, 0.25) is 0 Å². The van der Waals surface area contributed by atoms with Crippen LogP contribution >= 0.6 is 0 Å². The molecular formula is C17H17F3N2O3. The van der Waals surface area contributed by atoms with Crippen molar-refractivity contribution < 1.29 is 27.4 Å². The Bertz CT molecular complexity index is 706. The number of aromatic nitrogens is 1. The van der Waals surface area contributed by atoms with Crippen LogP contribution < -0.4 is 14.8 Å². The molecule has 1 heterocycles. The molecule has 0 saturated heterocycles. The second kappa shape index (κ2) is 8.36. The molecule has 5 nitrogen and oxygen atoms in total. The van der Waals surface area contributed by atoms with Crippen molar-refractivity contribution in [2.75, 3.05) is 7.11 Å². The Hall–Kier alpha value is -2.77. The summed E-state index contributed by atoms with van der Waals surface area (Å²) >= 11 is 0. The van der Waals surface area contributed by atoms with Crippen LogP contribution in [-0.4, -0.2) is 24.2 Å². The van der Waals surface area contributed by atoms with Crippen molar-refractivity contribution in [2.45, 2.75) is 25.7 Å². The number of alkyl halides is 3. The summed E-state index contributed by atoms with van der Waals surface area (Å²) in [5.74, 6) is -0.174. The summed E-state index contributed by atoms with van der Waals surface area (Å²) in [6.45, 7) is 0.264. The van der Waals surface area contributed by atoms with Crippen molar-refractivity contribution >= 4 is 5.91 Å². The molecular weight excluding hydrogens is 337 g/mol. The molecule has 0 radical (unpaired) electrons. The maximum atomic E-state index is 12.1. The molecule has 0 aliphatic carbocycles. The largest absolute Gasteiger partial charge is 0.493 e. The molecule has 2 aromatic rings. The molecule has 0 atom stereocenters. The fraction of sp³-hybridized carbons (Fsp3) is 0.294. The molecule has 2 rings (SSSR count). The van der Waals surface area contributed by atoms with E-state index in [1.54, 1.807) is 36.7 Å². The summed E-state index contributed by atoms with van der Waals surface area (Å²) < 4.78 is 47.3. The van der Waals surface area contributed by atoms with Crippen LogP contribution in [0.5, 0.6) is 11.5 Å². The van der Waals surface area contributed by atoms with E-state index in [4.69, 9.17) is 9.47 Å². The molecule has 0 bridgehead atoms. The van der Waals surface area contributed by atoms with Gasteiger partial charge in [-0.1, -0.05) is 12.1 Å². The highest BCUT2D eigenvalue weighted by Gasteiger charge is 2.30. The highest BCUT2D eigenvalue weighted by molar-refractivity contribution is 5.76. The van der Waals surface area contributed by atoms with Crippen molar-refractivity contribution in [3.8, 4) is 11.5 Å². The lowest BCUT2D eigenvalue weighted by Crippen LogP contribution is -2.28. The number of amides is 1. The zero-order chi connectivity index (χ0) is 18.3. The Morgan fingerprint density at radius 2 is 2.00 bits per heavy atom. The van der Waals surface area contributed by atoms with Gasteiger partial charge in [0.25, 0.3) is 0 Å². The van der Waals surface area contributed by atoms with Gasteiger partial charge in [0.2, 0.25) is 5.91 Å². The SMILES string of the molecule is COc1cc(CNC(=O)CC(F)(F)F)ccc1OCc1cccnc1. The van der Waals surface area contributed by atoms with Crippen molar-refractivity contribution in [1.29, 1.82) is 0 Å². The number of hydrogen-bond acceptors (Lipinski definition) is 4. The van der Waals surface area contributed by atoms with Gasteiger partial charge in [0.05, 0.1) is 7.11 Å². The normalized spacial score (nSPS) is 11.0. The number of halogens is 3. The third-order valence-corrected chi connectivity index (χ3v) is 3.20. The minimum Gasteiger partial charge on any atom is -0.493 e. The van der Waals surface area contributed by atoms with Crippen molar-refractivity contribution in [3.05, 3.63) is 53.9 Å². The van der Waals surface area contributed by atoms with Crippen molar-refractivity contribution in [2.24, 2.45) is 0 Å². The zero-order valence-corrected chi connectivity index (χ0v) is 13.5. The van der Waals surface area contributed by atoms with E-state index in [1.807, 2.05) is 6.07 Å². The number of pyridine rings is 1. The van der Waals surface area contributed by atoms with Crippen LogP contribution in [0.1, 0.15) is 17.5 Å². The zero-order valence-electron chi connectivity index (χ0n) is 13.5. The van der Waals surface area contributed by atoms with Crippen LogP contribution in [-0.2, 0) is 17.9 Å². The molecule has 1 N–H and O–H groups in total. The van der Waals surface area contributed by atoms with Crippen LogP contribution in [0, 0.1) is 0 Å². The number of methoxy groups -OCH3 is 1. The van der Waals surface area contributed by atoms with E-state index in [0.29, 0.717) is 23.7 Å². The Kier molecular flexibility index (Phi) is 6.21. The lowest BCUT2D eigenvalue weighted by molar-refractivity contribution is -0.153. The molecule has 1 amide bonds. The van der Waals surface area contributed by atoms with Crippen molar-refractivity contribution in [3.63, 3.8) is 0 Å². The first-order valence-corrected chi connectivity index (χ1v) is 7.39. The fourth-order valence-corrected chi connectivity index (χ4v) is 2.03. The molecule has 134 valence electrons. The Balaban J connectivity index is 1.95. The van der Waals surface area contributed by atoms with Gasteiger partial charge in [-0.05, 0) is 23.8 Å². The van der Waals surface area contributed by atoms with E-state index in [-0.39, 0.29) is 6.54 Å². The molecule has 0 aliphatic rings. The molecule has 0 spiro atoms. The van der Waals surface area contributed by atoms with Crippen LogP contribution in [0.3, 0.4) is 0 Å². The lowest BCUT2D eigenvalue weighted by atomic mass is 10.2. The second-order valence-electron chi connectivity index (χ2n) is 5.20. The summed E-state index contributed by atoms with van der Waals surface area (Å²) in [4.78, 5) is 15.2. The number of hydrogen-bond donors (Lipinski definition) is 1. The fourth-order valence-electron chi connectivity index (χ4n) is 2.03. The topological polar surface area (TPSA) is 60.5 Å². The predicted octanol–water partition coefficient (Wildman–Crippen LogP) is 3.24. The van der Waals surface area contributed by atoms with Crippen molar-refractivity contribution in [1.82, 2.24) is 10.3 Å². The second-order valence-corrected chi connectivity index (χ2v) is 5.20. The number of nitrogens with one attached hydrogen (secondary N) is 1. The first-order valence-electron chi connectivity index (χ1n) is 7.39. The van der Waals surface area contributed by atoms with Gasteiger partial charge in [-0.15, -0.1) is 0 Å². The quantitative estimate of drug-likeness (QED) is 0.829. The van der Waals surface area contributed by atoms with Gasteiger partial charge in [-0.3, -0.25) is 9.78 Å². The highest BCUT2D eigenvalue weighted by Crippen LogP contribution is 2.29. The molecule has 0 aliphatic heterocycles. The van der Waals surface area contributed by atoms with Gasteiger partial charge >= 0.3 is 6.18 Å². The maximum Gasteiger partial charge on any atom is 0.397 e. The molecule has 8 heteroatoms. The van der Waals surface area contributed by atoms with Crippen LogP contribution in [0.15, 0.2) is 42.7 Å². The number of rotatable bonds is 7. The number of carbonyl (C=O) groups excluding carboxylic acids is 1. The standard InChI is InChI=1S/C17H17F3N2O3/c1-24-15-7-12(10-22-16(23)8-17(18,19)20)4-5-14(15)25-11-13-3-2-6-21-9-13/h2-7,9H,8,10-11H2,1H3,(H,22,23). The molecule has 25 heavy (non-hydrogen) atoms. The minimum atomic E-state index is -4.52. The number of benzene rings is 1. The Morgan fingerprint density at radius 1 is 1.20 bits per heavy atom. The number of nitrogens with zero attached hydrogens (tertiary/aromatic N) is 1. The van der Waals surface area contributed by atoms with Gasteiger partial charge in [0, 0.05) is 24.5 Å². The average molecular weight is 354 g/mol. The molecule has 0 saturated carbocycles. The first kappa shape index (κ1) is 18.6. The summed E-state index contributed by atoms with van der Waals surface area (Å²) in [7, 11) is 1.46. The van der Waals surface area contributed by atoms with Gasteiger partial charge < -0.3 is 14.8 Å². The molecule has 0 fully saturated rings. The third kappa shape index (κ3) is 6.33. The third-order valence-electron chi connectivity index (χ3n) is 3.20. The monoisotopic (exact) mass is 354 g/mol. The maximum absolute atomic E-state index is 12.1. The molecule has 1 aromatic heterocycles. The van der Waals surface area contributed by atoms with Crippen LogP contribution in [0.25, 0.3) is 0 Å². The Morgan fingerprint density at radius 3 is 2.64 bits per heavy atom. The summed E-state index contributed by atoms with van der Waals surface area (Å²) in [5, 5.41) is 2.22. The van der Waals surface area contributed by atoms with E-state index in [0.717, 1.165) is 5.56 Å². The van der Waals surface area contributed by atoms with Gasteiger partial charge in [-0.25, -0.2) is 0 Å². The summed E-state index contributed by atoms with van der Waals surface area (Å²) in [5.41, 5.74) is 1.48. The number of ether oxygens (including phenoxy) is 2. The molecule has 1 aromatic carbocycles. The van der Waals surface area contributed by atoms with E-state index in [2.05, 4.69) is 10.3 Å². The van der Waals surface area contributed by atoms with Gasteiger partial charge in [0.1, 0.15) is 13.0 Å². The van der Waals surface area contributed by atoms with E-state index >= 15 is 0 Å².